The van der Waals surface area contributed by atoms with E-state index < -0.39 is 38.4 Å². The number of sulfonamides is 2. The number of ether oxygens (including phenoxy) is 1. The summed E-state index contributed by atoms with van der Waals surface area (Å²) in [7, 11) is -7.60. The zero-order valence-electron chi connectivity index (χ0n) is 16.8. The number of aryl methyl sites for hydroxylation is 1. The average molecular weight is 467 g/mol. The third-order valence-corrected chi connectivity index (χ3v) is 7.91. The maximum absolute atomic E-state index is 12.5. The Morgan fingerprint density at radius 2 is 1.55 bits per heavy atom. The Labute approximate surface area is 180 Å². The minimum atomic E-state index is -4.01. The Morgan fingerprint density at radius 3 is 2.13 bits per heavy atom. The molecule has 0 amide bonds. The summed E-state index contributed by atoms with van der Waals surface area (Å²) in [6, 6.07) is 9.30. The molecule has 1 saturated heterocycles. The van der Waals surface area contributed by atoms with Crippen LogP contribution in [0.25, 0.3) is 0 Å². The molecule has 3 rings (SSSR count). The van der Waals surface area contributed by atoms with Gasteiger partial charge >= 0.3 is 5.97 Å². The summed E-state index contributed by atoms with van der Waals surface area (Å²) in [5, 5.41) is 5.13. The van der Waals surface area contributed by atoms with Crippen LogP contribution in [0, 0.1) is 6.92 Å². The van der Waals surface area contributed by atoms with Gasteiger partial charge in [-0.2, -0.15) is 4.31 Å². The zero-order chi connectivity index (χ0) is 22.8. The summed E-state index contributed by atoms with van der Waals surface area (Å²) in [6.07, 6.45) is 1.64. The highest BCUT2D eigenvalue weighted by molar-refractivity contribution is 7.89. The molecule has 1 aliphatic heterocycles. The third-order valence-electron chi connectivity index (χ3n) is 4.94. The van der Waals surface area contributed by atoms with Crippen LogP contribution < -0.4 is 5.14 Å². The lowest BCUT2D eigenvalue weighted by molar-refractivity contribution is 0.0474. The number of nitrogens with two attached hydrogens (primary N) is 1. The van der Waals surface area contributed by atoms with E-state index in [4.69, 9.17) is 9.88 Å². The van der Waals surface area contributed by atoms with Crippen LogP contribution in [0.5, 0.6) is 0 Å². The molecule has 1 heterocycles. The molecule has 31 heavy (non-hydrogen) atoms. The van der Waals surface area contributed by atoms with Crippen molar-refractivity contribution >= 4 is 31.8 Å². The van der Waals surface area contributed by atoms with E-state index in [2.05, 4.69) is 0 Å². The van der Waals surface area contributed by atoms with Gasteiger partial charge in [-0.25, -0.2) is 26.8 Å². The first-order chi connectivity index (χ1) is 14.5. The van der Waals surface area contributed by atoms with Gasteiger partial charge in [-0.15, -0.1) is 0 Å². The van der Waals surface area contributed by atoms with E-state index in [0.717, 1.165) is 18.9 Å². The van der Waals surface area contributed by atoms with Gasteiger partial charge in [0, 0.05) is 18.7 Å². The molecule has 0 radical (unpaired) electrons. The van der Waals surface area contributed by atoms with Crippen molar-refractivity contribution in [3.63, 3.8) is 0 Å². The van der Waals surface area contributed by atoms with Gasteiger partial charge in [-0.05, 0) is 61.7 Å². The lowest BCUT2D eigenvalue weighted by atomic mass is 10.1. The van der Waals surface area contributed by atoms with Gasteiger partial charge < -0.3 is 4.74 Å². The molecule has 0 bridgehead atoms. The first-order valence-corrected chi connectivity index (χ1v) is 12.4. The number of nitrogens with zero attached hydrogens (tertiary/aromatic N) is 1. The number of carbonyl (C=O) groups excluding carboxylic acids is 2. The van der Waals surface area contributed by atoms with E-state index >= 15 is 0 Å². The molecule has 2 N–H and O–H groups in total. The van der Waals surface area contributed by atoms with Crippen molar-refractivity contribution in [2.45, 2.75) is 29.6 Å². The van der Waals surface area contributed by atoms with Gasteiger partial charge in [0.05, 0.1) is 15.4 Å². The maximum Gasteiger partial charge on any atom is 0.338 e. The fraction of sp³-hybridized carbons (Fsp3) is 0.300. The van der Waals surface area contributed by atoms with Gasteiger partial charge in [0.25, 0.3) is 0 Å². The number of carbonyl (C=O) groups is 2. The predicted octanol–water partition coefficient (Wildman–Crippen LogP) is 1.47. The third kappa shape index (κ3) is 5.18. The van der Waals surface area contributed by atoms with E-state index in [1.54, 1.807) is 0 Å². The number of esters is 1. The monoisotopic (exact) mass is 466 g/mol. The number of ketones is 1. The molecular formula is C20H22N2O7S2. The first-order valence-electron chi connectivity index (χ1n) is 9.44. The maximum atomic E-state index is 12.5. The highest BCUT2D eigenvalue weighted by Crippen LogP contribution is 2.21. The average Bonchev–Trinajstić information content (AvgIpc) is 3.27. The number of rotatable bonds is 7. The van der Waals surface area contributed by atoms with Crippen LogP contribution >= 0.6 is 0 Å². The van der Waals surface area contributed by atoms with Crippen molar-refractivity contribution < 1.29 is 31.2 Å². The zero-order valence-corrected chi connectivity index (χ0v) is 18.4. The highest BCUT2D eigenvalue weighted by atomic mass is 32.2. The molecule has 1 fully saturated rings. The quantitative estimate of drug-likeness (QED) is 0.481. The van der Waals surface area contributed by atoms with Gasteiger partial charge in [0.1, 0.15) is 0 Å². The lowest BCUT2D eigenvalue weighted by Gasteiger charge is -2.15. The van der Waals surface area contributed by atoms with E-state index in [1.807, 2.05) is 0 Å². The fourth-order valence-corrected chi connectivity index (χ4v) is 5.55. The van der Waals surface area contributed by atoms with Gasteiger partial charge in [-0.3, -0.25) is 4.79 Å². The van der Waals surface area contributed by atoms with E-state index in [0.29, 0.717) is 18.7 Å². The molecule has 166 valence electrons. The topological polar surface area (TPSA) is 141 Å². The molecule has 11 heteroatoms. The molecule has 0 aliphatic carbocycles. The van der Waals surface area contributed by atoms with Crippen molar-refractivity contribution in [1.29, 1.82) is 0 Å². The molecule has 0 atom stereocenters. The van der Waals surface area contributed by atoms with Crippen LogP contribution in [0.4, 0.5) is 0 Å². The molecule has 2 aromatic rings. The highest BCUT2D eigenvalue weighted by Gasteiger charge is 2.27. The second-order valence-electron chi connectivity index (χ2n) is 7.16. The second kappa shape index (κ2) is 8.87. The standard InChI is InChI=1S/C20H22N2O7S2/c1-14-4-5-16(12-19(14)30(21,25)26)20(24)29-13-18(23)15-6-8-17(9-7-15)31(27,28)22-10-2-3-11-22/h4-9,12H,2-3,10-11,13H2,1H3,(H2,21,25,26). The minimum absolute atomic E-state index is 0.0607. The Hall–Kier alpha value is -2.60. The Bertz CT molecular complexity index is 1210. The van der Waals surface area contributed by atoms with Crippen molar-refractivity contribution in [3.05, 3.63) is 59.2 Å². The smallest absolute Gasteiger partial charge is 0.338 e. The summed E-state index contributed by atoms with van der Waals surface area (Å²) in [5.41, 5.74) is 0.496. The van der Waals surface area contributed by atoms with Gasteiger partial charge in [-0.1, -0.05) is 6.07 Å². The van der Waals surface area contributed by atoms with Crippen LogP contribution in [-0.4, -0.2) is 52.6 Å². The Kier molecular flexibility index (Phi) is 6.60. The summed E-state index contributed by atoms with van der Waals surface area (Å²) in [6.45, 7) is 1.90. The Balaban J connectivity index is 1.66. The van der Waals surface area contributed by atoms with Crippen LogP contribution in [0.3, 0.4) is 0 Å². The number of primary sulfonamides is 1. The summed E-state index contributed by atoms with van der Waals surface area (Å²) >= 11 is 0. The summed E-state index contributed by atoms with van der Waals surface area (Å²) in [5.74, 6) is -1.41. The van der Waals surface area contributed by atoms with Crippen LogP contribution in [0.15, 0.2) is 52.3 Å². The largest absolute Gasteiger partial charge is 0.454 e. The number of hydrogen-bond acceptors (Lipinski definition) is 7. The van der Waals surface area contributed by atoms with Gasteiger partial charge in [0.2, 0.25) is 20.0 Å². The molecule has 0 aromatic heterocycles. The Morgan fingerprint density at radius 1 is 0.968 bits per heavy atom. The summed E-state index contributed by atoms with van der Waals surface area (Å²) < 4.78 is 54.6. The molecule has 0 unspecified atom stereocenters. The SMILES string of the molecule is Cc1ccc(C(=O)OCC(=O)c2ccc(S(=O)(=O)N3CCCC3)cc2)cc1S(N)(=O)=O. The van der Waals surface area contributed by atoms with Gasteiger partial charge in [0.15, 0.2) is 12.4 Å². The summed E-state index contributed by atoms with van der Waals surface area (Å²) in [4.78, 5) is 24.4. The molecular weight excluding hydrogens is 444 g/mol. The lowest BCUT2D eigenvalue weighted by Crippen LogP contribution is -2.27. The van der Waals surface area contributed by atoms with Crippen molar-refractivity contribution in [2.75, 3.05) is 19.7 Å². The van der Waals surface area contributed by atoms with Crippen LogP contribution in [0.2, 0.25) is 0 Å². The van der Waals surface area contributed by atoms with Crippen molar-refractivity contribution in [1.82, 2.24) is 4.31 Å². The molecule has 1 aliphatic rings. The minimum Gasteiger partial charge on any atom is -0.454 e. The molecule has 9 nitrogen and oxygen atoms in total. The van der Waals surface area contributed by atoms with E-state index in [-0.39, 0.29) is 20.9 Å². The molecule has 0 spiro atoms. The normalized spacial score (nSPS) is 15.0. The predicted molar refractivity (Wildman–Crippen MR) is 112 cm³/mol. The van der Waals surface area contributed by atoms with Crippen molar-refractivity contribution in [3.8, 4) is 0 Å². The van der Waals surface area contributed by atoms with E-state index in [1.165, 1.54) is 47.6 Å². The van der Waals surface area contributed by atoms with E-state index in [9.17, 15) is 26.4 Å². The molecule has 2 aromatic carbocycles. The fourth-order valence-electron chi connectivity index (χ4n) is 3.22. The second-order valence-corrected chi connectivity index (χ2v) is 10.6. The van der Waals surface area contributed by atoms with Crippen LogP contribution in [-0.2, 0) is 24.8 Å². The number of hydrogen-bond donors (Lipinski definition) is 1. The first kappa shape index (κ1) is 23.1. The number of benzene rings is 2. The van der Waals surface area contributed by atoms with Crippen LogP contribution in [0.1, 0.15) is 39.1 Å². The number of Topliss-reactive ketones (excluding diaryl/α,β-unsaturated/α-hetero) is 1. The molecule has 0 saturated carbocycles. The van der Waals surface area contributed by atoms with Crippen molar-refractivity contribution in [2.24, 2.45) is 5.14 Å².